The van der Waals surface area contributed by atoms with Gasteiger partial charge in [-0.1, -0.05) is 0 Å². The second-order valence-corrected chi connectivity index (χ2v) is 12.6. The fourth-order valence-electron chi connectivity index (χ4n) is 1.80. The first-order chi connectivity index (χ1) is 5.99. The molecule has 0 N–H and O–H groups in total. The van der Waals surface area contributed by atoms with E-state index in [9.17, 15) is 0 Å². The first-order valence-electron chi connectivity index (χ1n) is 4.78. The predicted molar refractivity (Wildman–Crippen MR) is 59.5 cm³/mol. The maximum atomic E-state index is 2.47. The van der Waals surface area contributed by atoms with Crippen LogP contribution in [-0.2, 0) is 23.2 Å². The van der Waals surface area contributed by atoms with Gasteiger partial charge in [0.1, 0.15) is 0 Å². The van der Waals surface area contributed by atoms with E-state index in [0.29, 0.717) is 3.12 Å². The van der Waals surface area contributed by atoms with Gasteiger partial charge in [-0.3, -0.25) is 0 Å². The molecule has 0 saturated carbocycles. The third kappa shape index (κ3) is 9.67. The summed E-state index contributed by atoms with van der Waals surface area (Å²) in [5, 5.41) is 0. The number of allylic oxidation sites excluding steroid dienone is 4. The molecule has 16 heavy (non-hydrogen) atoms. The third-order valence-corrected chi connectivity index (χ3v) is 7.93. The van der Waals surface area contributed by atoms with Crippen LogP contribution in [0.15, 0.2) is 21.5 Å². The van der Waals surface area contributed by atoms with Crippen LogP contribution in [-0.4, -0.2) is 19.5 Å². The van der Waals surface area contributed by atoms with Crippen LogP contribution in [0.3, 0.4) is 0 Å². The van der Waals surface area contributed by atoms with E-state index in [1.807, 2.05) is 0 Å². The van der Waals surface area contributed by atoms with Crippen LogP contribution in [0, 0.1) is 0 Å². The number of rotatable bonds is 4. The molecular weight excluding hydrogens is 361 g/mol. The number of halogens is 3. The zero-order valence-electron chi connectivity index (χ0n) is 10.2. The quantitative estimate of drug-likeness (QED) is 0.429. The molecule has 0 radical (unpaired) electrons. The molecule has 0 spiro atoms. The summed E-state index contributed by atoms with van der Waals surface area (Å²) >= 11 is -0.301. The molecule has 0 atom stereocenters. The minimum Gasteiger partial charge on any atom is -1.00 e. The first-order valence-corrected chi connectivity index (χ1v) is 9.66. The summed E-state index contributed by atoms with van der Waals surface area (Å²) in [4.78, 5) is 0. The van der Waals surface area contributed by atoms with Crippen LogP contribution in [0.25, 0.3) is 0 Å². The molecular formula is C11H19Cl3PZr. The van der Waals surface area contributed by atoms with Crippen molar-refractivity contribution < 1.29 is 60.5 Å². The Balaban J connectivity index is -0.000000563. The van der Waals surface area contributed by atoms with Gasteiger partial charge in [0.25, 0.3) is 0 Å². The van der Waals surface area contributed by atoms with Gasteiger partial charge >= 0.3 is 95.5 Å². The summed E-state index contributed by atoms with van der Waals surface area (Å²) in [5.74, 6) is 0. The van der Waals surface area contributed by atoms with Crippen LogP contribution >= 0.6 is 7.92 Å². The van der Waals surface area contributed by atoms with E-state index in [1.54, 1.807) is 3.28 Å². The Kier molecular flexibility index (Phi) is 15.1. The van der Waals surface area contributed by atoms with E-state index in [1.165, 1.54) is 12.6 Å². The van der Waals surface area contributed by atoms with Gasteiger partial charge in [0.15, 0.2) is 0 Å². The molecule has 5 heteroatoms. The van der Waals surface area contributed by atoms with Crippen molar-refractivity contribution in [3.8, 4) is 0 Å². The Bertz CT molecular complexity index is 237. The van der Waals surface area contributed by atoms with E-state index in [4.69, 9.17) is 0 Å². The van der Waals surface area contributed by atoms with Gasteiger partial charge < -0.3 is 37.2 Å². The molecule has 0 amide bonds. The average molecular weight is 380 g/mol. The second kappa shape index (κ2) is 10.6. The summed E-state index contributed by atoms with van der Waals surface area (Å²) in [5.41, 5.74) is 0. The number of hydrogen-bond acceptors (Lipinski definition) is 0. The smallest absolute Gasteiger partial charge is 1.00 e. The fraction of sp³-hybridized carbons (Fsp3) is 0.636. The normalized spacial score (nSPS) is 13.2. The molecule has 0 aromatic rings. The van der Waals surface area contributed by atoms with E-state index >= 15 is 0 Å². The Morgan fingerprint density at radius 1 is 1.25 bits per heavy atom. The van der Waals surface area contributed by atoms with Crippen LogP contribution in [0.4, 0.5) is 0 Å². The largest absolute Gasteiger partial charge is 1.00 e. The van der Waals surface area contributed by atoms with Crippen molar-refractivity contribution in [1.29, 1.82) is 0 Å². The van der Waals surface area contributed by atoms with E-state index in [2.05, 4.69) is 45.4 Å². The third-order valence-electron chi connectivity index (χ3n) is 1.98. The van der Waals surface area contributed by atoms with Crippen molar-refractivity contribution >= 4 is 7.92 Å². The molecule has 0 fully saturated rings. The topological polar surface area (TPSA) is 0 Å². The van der Waals surface area contributed by atoms with Crippen molar-refractivity contribution in [1.82, 2.24) is 0 Å². The SMILES string of the molecule is CP(C)C[C](C)(C)[Zr+3][C]1=CC=CC1.[Cl-].[Cl-].[Cl-]. The average Bonchev–Trinajstić information content (AvgIpc) is 2.34. The Labute approximate surface area is 132 Å². The zero-order valence-corrected chi connectivity index (χ0v) is 15.8. The maximum absolute atomic E-state index is 2.47. The zero-order chi connectivity index (χ0) is 9.90. The van der Waals surface area contributed by atoms with Crippen LogP contribution < -0.4 is 37.2 Å². The molecule has 0 heterocycles. The van der Waals surface area contributed by atoms with E-state index in [0.717, 1.165) is 0 Å². The molecule has 1 aliphatic carbocycles. The minimum absolute atomic E-state index is 0. The summed E-state index contributed by atoms with van der Waals surface area (Å²) in [6.07, 6.45) is 9.62. The molecule has 93 valence electrons. The van der Waals surface area contributed by atoms with E-state index in [-0.39, 0.29) is 68.4 Å². The standard InChI is InChI=1S/C6H14P.C5H5.3ClH.Zr/c1-6(2)5-7(3)4;1-2-4-5-3-1;;;;/h5H2,1-4H3;1-3H,4H2;3*1H;/q;;;;;+3/p-3. The van der Waals surface area contributed by atoms with Crippen molar-refractivity contribution in [3.05, 3.63) is 21.5 Å². The van der Waals surface area contributed by atoms with Gasteiger partial charge in [-0.05, 0) is 0 Å². The molecule has 0 saturated heterocycles. The van der Waals surface area contributed by atoms with Crippen molar-refractivity contribution in [2.24, 2.45) is 0 Å². The summed E-state index contributed by atoms with van der Waals surface area (Å²) in [6, 6.07) is 0. The second-order valence-electron chi connectivity index (χ2n) is 4.57. The van der Waals surface area contributed by atoms with Crippen molar-refractivity contribution in [3.63, 3.8) is 0 Å². The number of hydrogen-bond donors (Lipinski definition) is 0. The predicted octanol–water partition coefficient (Wildman–Crippen LogP) is -5.14. The fourth-order valence-corrected chi connectivity index (χ4v) is 9.50. The summed E-state index contributed by atoms with van der Waals surface area (Å²) in [6.45, 7) is 9.75. The van der Waals surface area contributed by atoms with Gasteiger partial charge in [-0.2, -0.15) is 0 Å². The minimum atomic E-state index is -0.301. The summed E-state index contributed by atoms with van der Waals surface area (Å²) < 4.78 is 2.46. The Hall–Kier alpha value is 1.66. The molecule has 0 aromatic carbocycles. The molecule has 0 aromatic heterocycles. The Morgan fingerprint density at radius 2 is 1.81 bits per heavy atom. The van der Waals surface area contributed by atoms with Gasteiger partial charge in [0.2, 0.25) is 0 Å². The molecule has 0 unspecified atom stereocenters. The molecule has 1 aliphatic rings. The van der Waals surface area contributed by atoms with Gasteiger partial charge in [0.05, 0.1) is 0 Å². The van der Waals surface area contributed by atoms with Crippen LogP contribution in [0.5, 0.6) is 0 Å². The van der Waals surface area contributed by atoms with Crippen LogP contribution in [0.2, 0.25) is 3.12 Å². The molecule has 0 nitrogen and oxygen atoms in total. The van der Waals surface area contributed by atoms with E-state index < -0.39 is 0 Å². The van der Waals surface area contributed by atoms with Gasteiger partial charge in [-0.15, -0.1) is 0 Å². The maximum Gasteiger partial charge on any atom is -1.00 e. The summed E-state index contributed by atoms with van der Waals surface area (Å²) in [7, 11) is 0.286. The van der Waals surface area contributed by atoms with Crippen molar-refractivity contribution in [2.75, 3.05) is 19.5 Å². The van der Waals surface area contributed by atoms with Gasteiger partial charge in [0, 0.05) is 0 Å². The van der Waals surface area contributed by atoms with Crippen molar-refractivity contribution in [2.45, 2.75) is 23.4 Å². The molecule has 1 rings (SSSR count). The molecule has 0 aliphatic heterocycles. The monoisotopic (exact) mass is 377 g/mol. The van der Waals surface area contributed by atoms with Gasteiger partial charge in [-0.25, -0.2) is 0 Å². The molecule has 0 bridgehead atoms. The van der Waals surface area contributed by atoms with Crippen LogP contribution in [0.1, 0.15) is 20.3 Å². The first kappa shape index (κ1) is 22.8. The Morgan fingerprint density at radius 3 is 2.19 bits per heavy atom.